The SMILES string of the molecule is OCC1OC(COC2OC(CO)C(O)C(O)C2O)C(O)C1O. The van der Waals surface area contributed by atoms with Gasteiger partial charge in [0.05, 0.1) is 19.8 Å². The van der Waals surface area contributed by atoms with Crippen molar-refractivity contribution in [3.05, 3.63) is 0 Å². The van der Waals surface area contributed by atoms with Gasteiger partial charge in [-0.05, 0) is 0 Å². The molecular formula is C12H22O10. The summed E-state index contributed by atoms with van der Waals surface area (Å²) in [6.45, 7) is -1.36. The van der Waals surface area contributed by atoms with E-state index >= 15 is 0 Å². The largest absolute Gasteiger partial charge is 0.394 e. The van der Waals surface area contributed by atoms with Gasteiger partial charge in [0.15, 0.2) is 6.29 Å². The smallest absolute Gasteiger partial charge is 0.186 e. The van der Waals surface area contributed by atoms with Gasteiger partial charge in [0.1, 0.15) is 48.8 Å². The van der Waals surface area contributed by atoms with Crippen LogP contribution in [-0.2, 0) is 14.2 Å². The predicted molar refractivity (Wildman–Crippen MR) is 67.5 cm³/mol. The Balaban J connectivity index is 1.91. The van der Waals surface area contributed by atoms with E-state index in [2.05, 4.69) is 0 Å². The number of hydrogen-bond donors (Lipinski definition) is 7. The first-order valence-corrected chi connectivity index (χ1v) is 6.95. The lowest BCUT2D eigenvalue weighted by atomic mass is 9.99. The summed E-state index contributed by atoms with van der Waals surface area (Å²) in [5.41, 5.74) is 0. The van der Waals surface area contributed by atoms with Crippen LogP contribution in [0, 0.1) is 0 Å². The molecule has 0 aromatic carbocycles. The first-order valence-electron chi connectivity index (χ1n) is 6.95. The molecule has 130 valence electrons. The van der Waals surface area contributed by atoms with Crippen molar-refractivity contribution in [2.24, 2.45) is 0 Å². The molecule has 2 fully saturated rings. The van der Waals surface area contributed by atoms with Gasteiger partial charge in [-0.3, -0.25) is 0 Å². The van der Waals surface area contributed by atoms with Crippen LogP contribution < -0.4 is 0 Å². The average molecular weight is 326 g/mol. The molecule has 0 aromatic heterocycles. The Hall–Kier alpha value is -0.400. The molecule has 22 heavy (non-hydrogen) atoms. The highest BCUT2D eigenvalue weighted by atomic mass is 16.7. The second-order valence-electron chi connectivity index (χ2n) is 5.41. The molecular weight excluding hydrogens is 304 g/mol. The Morgan fingerprint density at radius 3 is 1.68 bits per heavy atom. The quantitative estimate of drug-likeness (QED) is 0.260. The topological polar surface area (TPSA) is 169 Å². The molecule has 0 aliphatic carbocycles. The number of aliphatic hydroxyl groups is 7. The Morgan fingerprint density at radius 1 is 0.636 bits per heavy atom. The number of rotatable bonds is 5. The van der Waals surface area contributed by atoms with Crippen molar-refractivity contribution in [3.63, 3.8) is 0 Å². The lowest BCUT2D eigenvalue weighted by Gasteiger charge is -2.39. The zero-order valence-corrected chi connectivity index (χ0v) is 11.7. The summed E-state index contributed by atoms with van der Waals surface area (Å²) in [4.78, 5) is 0. The molecule has 9 unspecified atom stereocenters. The summed E-state index contributed by atoms with van der Waals surface area (Å²) in [7, 11) is 0. The lowest BCUT2D eigenvalue weighted by molar-refractivity contribution is -0.306. The maximum atomic E-state index is 9.78. The summed E-state index contributed by atoms with van der Waals surface area (Å²) in [5.74, 6) is 0. The van der Waals surface area contributed by atoms with Crippen molar-refractivity contribution in [2.75, 3.05) is 19.8 Å². The first kappa shape index (κ1) is 17.9. The van der Waals surface area contributed by atoms with Gasteiger partial charge in [0.2, 0.25) is 0 Å². The highest BCUT2D eigenvalue weighted by Gasteiger charge is 2.46. The van der Waals surface area contributed by atoms with Gasteiger partial charge in [-0.15, -0.1) is 0 Å². The predicted octanol–water partition coefficient (Wildman–Crippen LogP) is -4.72. The van der Waals surface area contributed by atoms with Gasteiger partial charge in [-0.1, -0.05) is 0 Å². The van der Waals surface area contributed by atoms with Crippen LogP contribution in [0.3, 0.4) is 0 Å². The third-order valence-electron chi connectivity index (χ3n) is 3.91. The summed E-state index contributed by atoms with van der Waals surface area (Å²) >= 11 is 0. The van der Waals surface area contributed by atoms with E-state index in [0.29, 0.717) is 0 Å². The van der Waals surface area contributed by atoms with Gasteiger partial charge >= 0.3 is 0 Å². The zero-order valence-electron chi connectivity index (χ0n) is 11.7. The third-order valence-corrected chi connectivity index (χ3v) is 3.91. The molecule has 10 nitrogen and oxygen atoms in total. The van der Waals surface area contributed by atoms with E-state index in [1.807, 2.05) is 0 Å². The Kier molecular flexibility index (Phi) is 6.07. The van der Waals surface area contributed by atoms with E-state index in [-0.39, 0.29) is 6.61 Å². The number of aliphatic hydroxyl groups excluding tert-OH is 7. The van der Waals surface area contributed by atoms with Crippen LogP contribution in [0.1, 0.15) is 0 Å². The van der Waals surface area contributed by atoms with Crippen LogP contribution >= 0.6 is 0 Å². The molecule has 2 saturated heterocycles. The molecule has 0 spiro atoms. The average Bonchev–Trinajstić information content (AvgIpc) is 2.79. The fraction of sp³-hybridized carbons (Fsp3) is 1.00. The highest BCUT2D eigenvalue weighted by Crippen LogP contribution is 2.25. The van der Waals surface area contributed by atoms with Crippen LogP contribution in [0.15, 0.2) is 0 Å². The Labute approximate surface area is 126 Å². The zero-order chi connectivity index (χ0) is 16.4. The molecule has 7 N–H and O–H groups in total. The molecule has 0 saturated carbocycles. The monoisotopic (exact) mass is 326 g/mol. The van der Waals surface area contributed by atoms with Crippen molar-refractivity contribution in [1.29, 1.82) is 0 Å². The van der Waals surface area contributed by atoms with E-state index in [1.54, 1.807) is 0 Å². The van der Waals surface area contributed by atoms with Gasteiger partial charge in [0.25, 0.3) is 0 Å². The van der Waals surface area contributed by atoms with Gasteiger partial charge in [-0.2, -0.15) is 0 Å². The minimum atomic E-state index is -1.57. The Morgan fingerprint density at radius 2 is 1.14 bits per heavy atom. The van der Waals surface area contributed by atoms with Gasteiger partial charge in [0, 0.05) is 0 Å². The van der Waals surface area contributed by atoms with Gasteiger partial charge < -0.3 is 50.0 Å². The number of hydrogen-bond acceptors (Lipinski definition) is 10. The van der Waals surface area contributed by atoms with Crippen LogP contribution in [0.25, 0.3) is 0 Å². The van der Waals surface area contributed by atoms with Crippen LogP contribution in [0.5, 0.6) is 0 Å². The molecule has 10 heteroatoms. The third kappa shape index (κ3) is 3.41. The number of ether oxygens (including phenoxy) is 3. The normalized spacial score (nSPS) is 49.5. The lowest BCUT2D eigenvalue weighted by Crippen LogP contribution is -2.59. The van der Waals surface area contributed by atoms with Crippen LogP contribution in [-0.4, -0.2) is 111 Å². The first-order chi connectivity index (χ1) is 10.4. The second kappa shape index (κ2) is 7.45. The minimum absolute atomic E-state index is 0.294. The van der Waals surface area contributed by atoms with E-state index in [0.717, 1.165) is 0 Å². The van der Waals surface area contributed by atoms with Crippen molar-refractivity contribution in [1.82, 2.24) is 0 Å². The maximum absolute atomic E-state index is 9.78. The molecule has 2 aliphatic rings. The summed E-state index contributed by atoms with van der Waals surface area (Å²) in [6.07, 6.45) is -11.5. The standard InChI is InChI=1S/C12H22O10/c13-1-4-7(15)9(17)6(21-4)3-20-12-11(19)10(18)8(16)5(2-14)22-12/h4-19H,1-3H2. The highest BCUT2D eigenvalue weighted by molar-refractivity contribution is 4.92. The fourth-order valence-electron chi connectivity index (χ4n) is 2.51. The van der Waals surface area contributed by atoms with Crippen molar-refractivity contribution >= 4 is 0 Å². The van der Waals surface area contributed by atoms with Crippen molar-refractivity contribution in [2.45, 2.75) is 55.1 Å². The van der Waals surface area contributed by atoms with E-state index in [9.17, 15) is 25.5 Å². The molecule has 0 bridgehead atoms. The second-order valence-corrected chi connectivity index (χ2v) is 5.41. The minimum Gasteiger partial charge on any atom is -0.394 e. The van der Waals surface area contributed by atoms with E-state index < -0.39 is 68.3 Å². The molecule has 0 aromatic rings. The summed E-state index contributed by atoms with van der Waals surface area (Å²) < 4.78 is 15.5. The molecule has 2 rings (SSSR count). The van der Waals surface area contributed by atoms with E-state index in [4.69, 9.17) is 24.4 Å². The summed E-state index contributed by atoms with van der Waals surface area (Å²) in [6, 6.07) is 0. The molecule has 2 heterocycles. The molecule has 0 amide bonds. The maximum Gasteiger partial charge on any atom is 0.186 e. The molecule has 2 aliphatic heterocycles. The molecule has 9 atom stereocenters. The van der Waals surface area contributed by atoms with E-state index in [1.165, 1.54) is 0 Å². The van der Waals surface area contributed by atoms with Crippen LogP contribution in [0.2, 0.25) is 0 Å². The molecule has 0 radical (unpaired) electrons. The van der Waals surface area contributed by atoms with Gasteiger partial charge in [-0.25, -0.2) is 0 Å². The summed E-state index contributed by atoms with van der Waals surface area (Å²) in [5, 5.41) is 66.4. The Bertz CT molecular complexity index is 353. The van der Waals surface area contributed by atoms with Crippen molar-refractivity contribution < 1.29 is 50.0 Å². The van der Waals surface area contributed by atoms with Crippen LogP contribution in [0.4, 0.5) is 0 Å². The van der Waals surface area contributed by atoms with Crippen molar-refractivity contribution in [3.8, 4) is 0 Å². The fourth-order valence-corrected chi connectivity index (χ4v) is 2.51.